The van der Waals surface area contributed by atoms with Gasteiger partial charge in [0.15, 0.2) is 6.61 Å². The molecule has 0 spiro atoms. The van der Waals surface area contributed by atoms with Gasteiger partial charge in [-0.2, -0.15) is 0 Å². The SMILES string of the molecule is Cc1nc(-c2ccccn2)sc1C(=O)OCC(=O)NC(=O)NC1CC1. The van der Waals surface area contributed by atoms with Crippen LogP contribution in [0.1, 0.15) is 28.2 Å². The third kappa shape index (κ3) is 4.60. The minimum atomic E-state index is -0.682. The van der Waals surface area contributed by atoms with Gasteiger partial charge in [0, 0.05) is 12.2 Å². The molecule has 1 fully saturated rings. The molecule has 0 radical (unpaired) electrons. The van der Waals surface area contributed by atoms with Crippen LogP contribution in [0.25, 0.3) is 10.7 Å². The smallest absolute Gasteiger partial charge is 0.350 e. The van der Waals surface area contributed by atoms with Crippen LogP contribution in [-0.2, 0) is 9.53 Å². The monoisotopic (exact) mass is 360 g/mol. The fraction of sp³-hybridized carbons (Fsp3) is 0.312. The van der Waals surface area contributed by atoms with Crippen LogP contribution >= 0.6 is 11.3 Å². The lowest BCUT2D eigenvalue weighted by atomic mass is 10.3. The number of aromatic nitrogens is 2. The molecule has 8 nitrogen and oxygen atoms in total. The highest BCUT2D eigenvalue weighted by atomic mass is 32.1. The number of nitrogens with one attached hydrogen (secondary N) is 2. The molecule has 3 rings (SSSR count). The fourth-order valence-corrected chi connectivity index (χ4v) is 2.93. The highest BCUT2D eigenvalue weighted by Gasteiger charge is 2.24. The van der Waals surface area contributed by atoms with E-state index in [1.54, 1.807) is 25.3 Å². The van der Waals surface area contributed by atoms with Crippen molar-refractivity contribution >= 4 is 29.2 Å². The molecule has 2 aromatic heterocycles. The molecular weight excluding hydrogens is 344 g/mol. The third-order valence-electron chi connectivity index (χ3n) is 3.37. The second kappa shape index (κ2) is 7.39. The molecule has 1 aliphatic rings. The summed E-state index contributed by atoms with van der Waals surface area (Å²) in [5.41, 5.74) is 1.16. The maximum atomic E-state index is 12.1. The lowest BCUT2D eigenvalue weighted by Crippen LogP contribution is -2.42. The highest BCUT2D eigenvalue weighted by molar-refractivity contribution is 7.17. The normalized spacial score (nSPS) is 13.2. The van der Waals surface area contributed by atoms with Crippen molar-refractivity contribution in [2.75, 3.05) is 6.61 Å². The Hall–Kier alpha value is -2.81. The first-order valence-corrected chi connectivity index (χ1v) is 8.51. The summed E-state index contributed by atoms with van der Waals surface area (Å²) in [6, 6.07) is 4.97. The Morgan fingerprint density at radius 3 is 2.80 bits per heavy atom. The largest absolute Gasteiger partial charge is 0.451 e. The fourth-order valence-electron chi connectivity index (χ4n) is 1.99. The summed E-state index contributed by atoms with van der Waals surface area (Å²) in [6.07, 6.45) is 3.47. The lowest BCUT2D eigenvalue weighted by Gasteiger charge is -2.06. The number of thiazole rings is 1. The summed E-state index contributed by atoms with van der Waals surface area (Å²) in [7, 11) is 0. The van der Waals surface area contributed by atoms with E-state index in [1.165, 1.54) is 0 Å². The zero-order valence-corrected chi connectivity index (χ0v) is 14.3. The van der Waals surface area contributed by atoms with Gasteiger partial charge in [0.1, 0.15) is 9.88 Å². The van der Waals surface area contributed by atoms with Crippen LogP contribution in [0.3, 0.4) is 0 Å². The maximum Gasteiger partial charge on any atom is 0.350 e. The Morgan fingerprint density at radius 2 is 2.12 bits per heavy atom. The molecule has 0 atom stereocenters. The van der Waals surface area contributed by atoms with Gasteiger partial charge >= 0.3 is 12.0 Å². The first-order valence-electron chi connectivity index (χ1n) is 7.69. The number of aryl methyl sites for hydroxylation is 1. The van der Waals surface area contributed by atoms with Gasteiger partial charge in [0.25, 0.3) is 5.91 Å². The molecule has 9 heteroatoms. The van der Waals surface area contributed by atoms with Crippen LogP contribution < -0.4 is 10.6 Å². The third-order valence-corrected chi connectivity index (χ3v) is 4.53. The number of carbonyl (C=O) groups is 3. The van der Waals surface area contributed by atoms with Crippen molar-refractivity contribution in [1.82, 2.24) is 20.6 Å². The van der Waals surface area contributed by atoms with Gasteiger partial charge in [0.2, 0.25) is 0 Å². The van der Waals surface area contributed by atoms with Crippen molar-refractivity contribution < 1.29 is 19.1 Å². The number of rotatable bonds is 5. The Balaban J connectivity index is 1.55. The second-order valence-corrected chi connectivity index (χ2v) is 6.52. The minimum Gasteiger partial charge on any atom is -0.451 e. The number of amides is 3. The first kappa shape index (κ1) is 17.0. The van der Waals surface area contributed by atoms with Crippen molar-refractivity contribution in [3.05, 3.63) is 35.0 Å². The van der Waals surface area contributed by atoms with Crippen molar-refractivity contribution in [3.63, 3.8) is 0 Å². The molecule has 2 N–H and O–H groups in total. The van der Waals surface area contributed by atoms with Crippen molar-refractivity contribution in [2.45, 2.75) is 25.8 Å². The molecule has 0 unspecified atom stereocenters. The van der Waals surface area contributed by atoms with E-state index in [9.17, 15) is 14.4 Å². The second-order valence-electron chi connectivity index (χ2n) is 5.52. The Labute approximate surface area is 147 Å². The van der Waals surface area contributed by atoms with E-state index in [1.807, 2.05) is 6.07 Å². The zero-order chi connectivity index (χ0) is 17.8. The van der Waals surface area contributed by atoms with E-state index in [0.29, 0.717) is 21.3 Å². The van der Waals surface area contributed by atoms with Gasteiger partial charge in [-0.1, -0.05) is 6.07 Å². The Kier molecular flexibility index (Phi) is 5.03. The van der Waals surface area contributed by atoms with Crippen LogP contribution in [0, 0.1) is 6.92 Å². The number of imide groups is 1. The summed E-state index contributed by atoms with van der Waals surface area (Å²) in [5, 5.41) is 5.32. The molecule has 0 aromatic carbocycles. The van der Waals surface area contributed by atoms with E-state index in [0.717, 1.165) is 24.2 Å². The molecular formula is C16H16N4O4S. The molecule has 1 aliphatic carbocycles. The molecule has 0 bridgehead atoms. The van der Waals surface area contributed by atoms with E-state index in [4.69, 9.17) is 4.74 Å². The number of carbonyl (C=O) groups excluding carboxylic acids is 3. The van der Waals surface area contributed by atoms with E-state index in [2.05, 4.69) is 20.6 Å². The van der Waals surface area contributed by atoms with Crippen molar-refractivity contribution in [1.29, 1.82) is 0 Å². The van der Waals surface area contributed by atoms with Crippen LogP contribution in [0.15, 0.2) is 24.4 Å². The number of pyridine rings is 1. The summed E-state index contributed by atoms with van der Waals surface area (Å²) in [5.74, 6) is -1.34. The number of esters is 1. The molecule has 3 amide bonds. The van der Waals surface area contributed by atoms with Gasteiger partial charge in [-0.25, -0.2) is 14.6 Å². The summed E-state index contributed by atoms with van der Waals surface area (Å²) in [6.45, 7) is 1.15. The molecule has 2 heterocycles. The van der Waals surface area contributed by atoms with Crippen molar-refractivity contribution in [3.8, 4) is 10.7 Å². The highest BCUT2D eigenvalue weighted by Crippen LogP contribution is 2.26. The molecule has 1 saturated carbocycles. The van der Waals surface area contributed by atoms with Crippen LogP contribution in [0.5, 0.6) is 0 Å². The Morgan fingerprint density at radius 1 is 1.32 bits per heavy atom. The summed E-state index contributed by atoms with van der Waals surface area (Å²) < 4.78 is 4.96. The Bertz CT molecular complexity index is 802. The van der Waals surface area contributed by atoms with E-state index < -0.39 is 24.5 Å². The van der Waals surface area contributed by atoms with Gasteiger partial charge in [-0.15, -0.1) is 11.3 Å². The number of urea groups is 1. The van der Waals surface area contributed by atoms with E-state index in [-0.39, 0.29) is 6.04 Å². The lowest BCUT2D eigenvalue weighted by molar-refractivity contribution is -0.123. The molecule has 0 aliphatic heterocycles. The predicted octanol–water partition coefficient (Wildman–Crippen LogP) is 1.66. The number of nitrogens with zero attached hydrogens (tertiary/aromatic N) is 2. The first-order chi connectivity index (χ1) is 12.0. The van der Waals surface area contributed by atoms with Crippen LogP contribution in [-0.4, -0.2) is 40.5 Å². The predicted molar refractivity (Wildman–Crippen MR) is 90.1 cm³/mol. The standard InChI is InChI=1S/C16H16N4O4S/c1-9-13(25-14(18-9)11-4-2-3-7-17-11)15(22)24-8-12(21)20-16(23)19-10-5-6-10/h2-4,7,10H,5-6,8H2,1H3,(H2,19,20,21,23). The van der Waals surface area contributed by atoms with Gasteiger partial charge in [-0.05, 0) is 31.9 Å². The summed E-state index contributed by atoms with van der Waals surface area (Å²) in [4.78, 5) is 44.0. The van der Waals surface area contributed by atoms with Gasteiger partial charge in [0.05, 0.1) is 11.4 Å². The molecule has 0 saturated heterocycles. The van der Waals surface area contributed by atoms with Crippen LogP contribution in [0.2, 0.25) is 0 Å². The average Bonchev–Trinajstić information content (AvgIpc) is 3.32. The van der Waals surface area contributed by atoms with E-state index >= 15 is 0 Å². The van der Waals surface area contributed by atoms with Gasteiger partial charge < -0.3 is 10.1 Å². The number of ether oxygens (including phenoxy) is 1. The minimum absolute atomic E-state index is 0.139. The van der Waals surface area contributed by atoms with Crippen molar-refractivity contribution in [2.24, 2.45) is 0 Å². The number of hydrogen-bond acceptors (Lipinski definition) is 7. The molecule has 25 heavy (non-hydrogen) atoms. The topological polar surface area (TPSA) is 110 Å². The molecule has 2 aromatic rings. The quantitative estimate of drug-likeness (QED) is 0.785. The maximum absolute atomic E-state index is 12.1. The van der Waals surface area contributed by atoms with Crippen LogP contribution in [0.4, 0.5) is 4.79 Å². The summed E-state index contributed by atoms with van der Waals surface area (Å²) >= 11 is 1.14. The number of hydrogen-bond donors (Lipinski definition) is 2. The molecule has 130 valence electrons. The average molecular weight is 360 g/mol. The van der Waals surface area contributed by atoms with Gasteiger partial charge in [-0.3, -0.25) is 15.1 Å². The zero-order valence-electron chi connectivity index (χ0n) is 13.4.